The third-order valence-corrected chi connectivity index (χ3v) is 6.41. The number of nitrogens with one attached hydrogen (secondary N) is 2. The Balaban J connectivity index is 4.54. The highest BCUT2D eigenvalue weighted by atomic mass is 33.1. The van der Waals surface area contributed by atoms with Gasteiger partial charge in [-0.05, 0) is 19.3 Å². The molecule has 0 aromatic rings. The average molecular weight is 463 g/mol. The number of rotatable bonds is 16. The van der Waals surface area contributed by atoms with Gasteiger partial charge < -0.3 is 27.8 Å². The first-order valence-electron chi connectivity index (χ1n) is 9.73. The van der Waals surface area contributed by atoms with Crippen molar-refractivity contribution >= 4 is 51.1 Å². The Hall–Kier alpha value is -1.95. The minimum Gasteiger partial charge on any atom is -0.370 e. The van der Waals surface area contributed by atoms with Crippen molar-refractivity contribution in [3.63, 3.8) is 0 Å². The predicted octanol–water partition coefficient (Wildman–Crippen LogP) is -0.0985. The molecule has 0 unspecified atom stereocenters. The van der Waals surface area contributed by atoms with E-state index < -0.39 is 23.9 Å². The predicted molar refractivity (Wildman–Crippen MR) is 123 cm³/mol. The summed E-state index contributed by atoms with van der Waals surface area (Å²) in [5.41, 5.74) is 15.9. The molecule has 0 bridgehead atoms. The fourth-order valence-corrected chi connectivity index (χ4v) is 4.51. The quantitative estimate of drug-likeness (QED) is 0.0911. The summed E-state index contributed by atoms with van der Waals surface area (Å²) >= 11 is 0. The highest BCUT2D eigenvalue weighted by molar-refractivity contribution is 8.76. The number of hydrogen-bond donors (Lipinski definition) is 5. The van der Waals surface area contributed by atoms with Crippen LogP contribution in [-0.2, 0) is 19.2 Å². The van der Waals surface area contributed by atoms with Gasteiger partial charge in [-0.1, -0.05) is 35.4 Å². The summed E-state index contributed by atoms with van der Waals surface area (Å²) in [5.74, 6) is -0.234. The molecule has 0 aromatic carbocycles. The van der Waals surface area contributed by atoms with E-state index in [0.29, 0.717) is 25.1 Å². The summed E-state index contributed by atoms with van der Waals surface area (Å²) in [6.07, 6.45) is 2.01. The molecule has 10 nitrogen and oxygen atoms in total. The van der Waals surface area contributed by atoms with Crippen LogP contribution in [0.15, 0.2) is 4.99 Å². The van der Waals surface area contributed by atoms with Crippen molar-refractivity contribution < 1.29 is 19.2 Å². The van der Waals surface area contributed by atoms with Gasteiger partial charge in [0.25, 0.3) is 0 Å². The van der Waals surface area contributed by atoms with Crippen LogP contribution in [0.25, 0.3) is 0 Å². The van der Waals surface area contributed by atoms with Gasteiger partial charge in [0.05, 0.1) is 0 Å². The van der Waals surface area contributed by atoms with Gasteiger partial charge in [-0.2, -0.15) is 0 Å². The zero-order chi connectivity index (χ0) is 23.1. The summed E-state index contributed by atoms with van der Waals surface area (Å²) in [6.45, 7) is 5.38. The molecule has 0 radical (unpaired) electrons. The maximum atomic E-state index is 12.6. The van der Waals surface area contributed by atoms with Crippen molar-refractivity contribution in [3.8, 4) is 0 Å². The second kappa shape index (κ2) is 15.8. The van der Waals surface area contributed by atoms with E-state index in [9.17, 15) is 19.2 Å². The Labute approximate surface area is 185 Å². The summed E-state index contributed by atoms with van der Waals surface area (Å²) in [6, 6.07) is -1.69. The highest BCUT2D eigenvalue weighted by Gasteiger charge is 2.25. The topological polar surface area (TPSA) is 183 Å². The maximum Gasteiger partial charge on any atom is 0.244 e. The summed E-state index contributed by atoms with van der Waals surface area (Å²) in [7, 11) is 2.95. The van der Waals surface area contributed by atoms with Crippen LogP contribution in [0.1, 0.15) is 46.5 Å². The highest BCUT2D eigenvalue weighted by Crippen LogP contribution is 2.24. The molecule has 0 saturated carbocycles. The number of primary amides is 1. The minimum absolute atomic E-state index is 0.0353. The van der Waals surface area contributed by atoms with Crippen LogP contribution in [0.2, 0.25) is 0 Å². The van der Waals surface area contributed by atoms with E-state index >= 15 is 0 Å². The fourth-order valence-electron chi connectivity index (χ4n) is 2.26. The van der Waals surface area contributed by atoms with Crippen molar-refractivity contribution in [1.82, 2.24) is 10.6 Å². The number of guanidine groups is 1. The average Bonchev–Trinajstić information content (AvgIpc) is 2.64. The molecule has 12 heteroatoms. The third-order valence-electron chi connectivity index (χ3n) is 3.91. The molecule has 0 spiro atoms. The van der Waals surface area contributed by atoms with Crippen LogP contribution < -0.4 is 27.8 Å². The van der Waals surface area contributed by atoms with E-state index in [0.717, 1.165) is 12.2 Å². The zero-order valence-electron chi connectivity index (χ0n) is 17.8. The molecule has 0 rings (SSSR count). The summed E-state index contributed by atoms with van der Waals surface area (Å²) < 4.78 is 0. The molecule has 0 aliphatic heterocycles. The largest absolute Gasteiger partial charge is 0.370 e. The van der Waals surface area contributed by atoms with Crippen molar-refractivity contribution in [2.45, 2.75) is 58.5 Å². The molecule has 0 aliphatic carbocycles. The van der Waals surface area contributed by atoms with Crippen LogP contribution in [-0.4, -0.2) is 59.6 Å². The lowest BCUT2D eigenvalue weighted by atomic mass is 10.1. The van der Waals surface area contributed by atoms with Gasteiger partial charge in [0.2, 0.25) is 17.7 Å². The number of carbonyl (C=O) groups excluding carboxylic acids is 4. The molecule has 172 valence electrons. The zero-order valence-corrected chi connectivity index (χ0v) is 19.4. The number of nitrogens with zero attached hydrogens (tertiary/aromatic N) is 1. The lowest BCUT2D eigenvalue weighted by Crippen LogP contribution is -2.53. The van der Waals surface area contributed by atoms with E-state index in [1.807, 2.05) is 13.8 Å². The minimum atomic E-state index is -0.886. The summed E-state index contributed by atoms with van der Waals surface area (Å²) in [4.78, 5) is 51.1. The van der Waals surface area contributed by atoms with E-state index in [2.05, 4.69) is 15.6 Å². The molecule has 30 heavy (non-hydrogen) atoms. The van der Waals surface area contributed by atoms with E-state index in [1.54, 1.807) is 0 Å². The summed E-state index contributed by atoms with van der Waals surface area (Å²) in [5, 5.41) is 5.17. The standard InChI is InChI=1S/C18H34N6O4S2/c1-11(2)15(26)7-5-9-29-30-10-14(23-12(3)25)17(28)24-13(16(19)27)6-4-8-22-18(20)21/h11,13-14H,4-10H2,1-3H3,(H2,19,27)(H,23,25)(H,24,28)(H4,20,21,22)/t13-,14-/m1/s1. The van der Waals surface area contributed by atoms with Gasteiger partial charge >= 0.3 is 0 Å². The van der Waals surface area contributed by atoms with Crippen LogP contribution in [0, 0.1) is 5.92 Å². The SMILES string of the molecule is CC(=O)N[C@H](CSSCCCC(=O)C(C)C)C(=O)N[C@H](CCCN=C(N)N)C(N)=O. The van der Waals surface area contributed by atoms with Crippen molar-refractivity contribution in [1.29, 1.82) is 0 Å². The number of carbonyl (C=O) groups is 4. The number of amides is 3. The number of nitrogens with two attached hydrogens (primary N) is 3. The van der Waals surface area contributed by atoms with Gasteiger partial charge in [-0.3, -0.25) is 24.2 Å². The van der Waals surface area contributed by atoms with Crippen LogP contribution in [0.3, 0.4) is 0 Å². The van der Waals surface area contributed by atoms with Crippen molar-refractivity contribution in [2.75, 3.05) is 18.1 Å². The van der Waals surface area contributed by atoms with E-state index in [4.69, 9.17) is 17.2 Å². The smallest absolute Gasteiger partial charge is 0.244 e. The van der Waals surface area contributed by atoms with Gasteiger partial charge in [-0.25, -0.2) is 0 Å². The molecular formula is C18H34N6O4S2. The molecule has 0 fully saturated rings. The fraction of sp³-hybridized carbons (Fsp3) is 0.722. The number of hydrogen-bond acceptors (Lipinski definition) is 7. The molecular weight excluding hydrogens is 428 g/mol. The Morgan fingerprint density at radius 2 is 1.63 bits per heavy atom. The van der Waals surface area contributed by atoms with Crippen LogP contribution in [0.4, 0.5) is 0 Å². The number of ketones is 1. The Kier molecular flexibility index (Phi) is 14.8. The first kappa shape index (κ1) is 28.1. The molecule has 0 aromatic heterocycles. The molecule has 0 heterocycles. The molecule has 8 N–H and O–H groups in total. The molecule has 3 amide bonds. The molecule has 0 saturated heterocycles. The molecule has 2 atom stereocenters. The van der Waals surface area contributed by atoms with Crippen LogP contribution in [0.5, 0.6) is 0 Å². The van der Waals surface area contributed by atoms with Crippen molar-refractivity contribution in [3.05, 3.63) is 0 Å². The monoisotopic (exact) mass is 462 g/mol. The maximum absolute atomic E-state index is 12.6. The van der Waals surface area contributed by atoms with E-state index in [-0.39, 0.29) is 30.0 Å². The van der Waals surface area contributed by atoms with Gasteiger partial charge in [0, 0.05) is 37.3 Å². The Morgan fingerprint density at radius 3 is 2.17 bits per heavy atom. The van der Waals surface area contributed by atoms with Gasteiger partial charge in [0.15, 0.2) is 5.96 Å². The van der Waals surface area contributed by atoms with Crippen LogP contribution >= 0.6 is 21.6 Å². The first-order valence-corrected chi connectivity index (χ1v) is 12.2. The van der Waals surface area contributed by atoms with Gasteiger partial charge in [0.1, 0.15) is 17.9 Å². The van der Waals surface area contributed by atoms with Gasteiger partial charge in [-0.15, -0.1) is 0 Å². The Bertz CT molecular complexity index is 611. The first-order chi connectivity index (χ1) is 14.0. The third kappa shape index (κ3) is 14.1. The number of Topliss-reactive ketones (excluding diaryl/α,β-unsaturated/α-hetero) is 1. The lowest BCUT2D eigenvalue weighted by Gasteiger charge is -2.21. The lowest BCUT2D eigenvalue weighted by molar-refractivity contribution is -0.130. The normalized spacial score (nSPS) is 12.7. The second-order valence-electron chi connectivity index (χ2n) is 7.00. The van der Waals surface area contributed by atoms with Crippen molar-refractivity contribution in [2.24, 2.45) is 28.1 Å². The Morgan fingerprint density at radius 1 is 0.967 bits per heavy atom. The van der Waals surface area contributed by atoms with E-state index in [1.165, 1.54) is 28.5 Å². The molecule has 0 aliphatic rings. The number of aliphatic imine (C=N–C) groups is 1. The second-order valence-corrected chi connectivity index (χ2v) is 9.62.